The van der Waals surface area contributed by atoms with E-state index in [0.717, 1.165) is 0 Å². The van der Waals surface area contributed by atoms with E-state index in [2.05, 4.69) is 15.0 Å². The number of hydrogen-bond acceptors (Lipinski definition) is 5. The summed E-state index contributed by atoms with van der Waals surface area (Å²) in [6.07, 6.45) is 1.19. The van der Waals surface area contributed by atoms with Gasteiger partial charge in [0.05, 0.1) is 24.4 Å². The predicted molar refractivity (Wildman–Crippen MR) is 94.0 cm³/mol. The van der Waals surface area contributed by atoms with Crippen LogP contribution >= 0.6 is 23.2 Å². The van der Waals surface area contributed by atoms with Crippen LogP contribution in [0.4, 0.5) is 10.5 Å². The average molecular weight is 386 g/mol. The molecule has 25 heavy (non-hydrogen) atoms. The fourth-order valence-electron chi connectivity index (χ4n) is 1.99. The van der Waals surface area contributed by atoms with E-state index >= 15 is 0 Å². The Hall–Kier alpha value is -2.25. The van der Waals surface area contributed by atoms with Gasteiger partial charge in [0, 0.05) is 11.1 Å². The van der Waals surface area contributed by atoms with E-state index in [1.165, 1.54) is 24.3 Å². The molecule has 0 saturated carbocycles. The summed E-state index contributed by atoms with van der Waals surface area (Å²) in [6.45, 7) is 3.76. The summed E-state index contributed by atoms with van der Waals surface area (Å²) in [4.78, 5) is 29.5. The molecule has 9 heteroatoms. The number of rotatable bonds is 5. The number of nitrogens with one attached hydrogen (secondary N) is 1. The molecule has 7 nitrogen and oxygen atoms in total. The highest BCUT2D eigenvalue weighted by molar-refractivity contribution is 6.36. The lowest BCUT2D eigenvalue weighted by molar-refractivity contribution is 0.0594. The van der Waals surface area contributed by atoms with Crippen LogP contribution in [-0.4, -0.2) is 35.0 Å². The molecule has 0 fully saturated rings. The third-order valence-electron chi connectivity index (χ3n) is 3.31. The van der Waals surface area contributed by atoms with Gasteiger partial charge in [0.1, 0.15) is 6.26 Å². The Morgan fingerprint density at radius 1 is 1.36 bits per heavy atom. The molecule has 0 aliphatic rings. The lowest BCUT2D eigenvalue weighted by Crippen LogP contribution is -2.39. The van der Waals surface area contributed by atoms with Crippen molar-refractivity contribution < 1.29 is 18.7 Å². The van der Waals surface area contributed by atoms with E-state index in [1.54, 1.807) is 12.1 Å². The molecule has 0 spiro atoms. The van der Waals surface area contributed by atoms with Gasteiger partial charge < -0.3 is 19.4 Å². The van der Waals surface area contributed by atoms with Crippen LogP contribution in [-0.2, 0) is 11.3 Å². The summed E-state index contributed by atoms with van der Waals surface area (Å²) in [5.74, 6) is -0.394. The number of carbonyl (C=O) groups excluding carboxylic acids is 2. The molecule has 2 amide bonds. The lowest BCUT2D eigenvalue weighted by Gasteiger charge is -2.25. The van der Waals surface area contributed by atoms with E-state index in [-0.39, 0.29) is 24.2 Å². The van der Waals surface area contributed by atoms with Gasteiger partial charge in [-0.2, -0.15) is 0 Å². The highest BCUT2D eigenvalue weighted by Crippen LogP contribution is 2.26. The summed E-state index contributed by atoms with van der Waals surface area (Å²) < 4.78 is 9.80. The Bertz CT molecular complexity index is 776. The van der Waals surface area contributed by atoms with Crippen LogP contribution in [0, 0.1) is 0 Å². The zero-order valence-electron chi connectivity index (χ0n) is 13.9. The van der Waals surface area contributed by atoms with Gasteiger partial charge in [-0.3, -0.25) is 0 Å². The average Bonchev–Trinajstić information content (AvgIpc) is 3.02. The van der Waals surface area contributed by atoms with Gasteiger partial charge in [-0.1, -0.05) is 23.2 Å². The first kappa shape index (κ1) is 19.1. The van der Waals surface area contributed by atoms with Crippen LogP contribution in [0.15, 0.2) is 28.9 Å². The number of halogens is 2. The Balaban J connectivity index is 2.13. The number of methoxy groups -OCH3 is 1. The smallest absolute Gasteiger partial charge is 0.360 e. The number of urea groups is 1. The van der Waals surface area contributed by atoms with Gasteiger partial charge in [0.15, 0.2) is 5.69 Å². The zero-order chi connectivity index (χ0) is 18.6. The molecule has 2 rings (SSSR count). The second-order valence-electron chi connectivity index (χ2n) is 5.39. The van der Waals surface area contributed by atoms with E-state index in [4.69, 9.17) is 27.6 Å². The van der Waals surface area contributed by atoms with Crippen molar-refractivity contribution in [2.45, 2.75) is 26.4 Å². The van der Waals surface area contributed by atoms with Crippen LogP contribution in [0.25, 0.3) is 0 Å². The Labute approximate surface area is 154 Å². The van der Waals surface area contributed by atoms with Gasteiger partial charge >= 0.3 is 12.0 Å². The molecule has 1 aromatic heterocycles. The number of nitrogens with zero attached hydrogens (tertiary/aromatic N) is 2. The van der Waals surface area contributed by atoms with Crippen molar-refractivity contribution in [2.24, 2.45) is 0 Å². The van der Waals surface area contributed by atoms with Crippen LogP contribution in [0.3, 0.4) is 0 Å². The monoisotopic (exact) mass is 385 g/mol. The highest BCUT2D eigenvalue weighted by Gasteiger charge is 2.22. The summed E-state index contributed by atoms with van der Waals surface area (Å²) in [5.41, 5.74) is 0.478. The fourth-order valence-corrected chi connectivity index (χ4v) is 2.45. The molecule has 1 N–H and O–H groups in total. The lowest BCUT2D eigenvalue weighted by atomic mass is 10.3. The summed E-state index contributed by atoms with van der Waals surface area (Å²) in [6, 6.07) is 4.23. The Morgan fingerprint density at radius 2 is 2.08 bits per heavy atom. The molecule has 0 unspecified atom stereocenters. The predicted octanol–water partition coefficient (Wildman–Crippen LogP) is 4.21. The minimum atomic E-state index is -0.608. The quantitative estimate of drug-likeness (QED) is 0.779. The Kier molecular flexibility index (Phi) is 6.27. The zero-order valence-corrected chi connectivity index (χ0v) is 15.4. The van der Waals surface area contributed by atoms with Crippen LogP contribution in [0.2, 0.25) is 10.0 Å². The second kappa shape index (κ2) is 8.22. The summed E-state index contributed by atoms with van der Waals surface area (Å²) in [5, 5.41) is 3.51. The van der Waals surface area contributed by atoms with Crippen molar-refractivity contribution in [1.82, 2.24) is 9.88 Å². The van der Waals surface area contributed by atoms with E-state index in [0.29, 0.717) is 15.7 Å². The number of anilines is 1. The molecule has 1 heterocycles. The molecule has 2 aromatic rings. The number of hydrogen-bond donors (Lipinski definition) is 1. The standard InChI is InChI=1S/C16H17Cl2N3O4/c1-9(2)21(7-14-19-13(8-25-14)15(22)24-3)16(23)20-12-5-4-10(17)6-11(12)18/h4-6,8-9H,7H2,1-3H3,(H,20,23). The molecule has 0 atom stereocenters. The number of ether oxygens (including phenoxy) is 1. The topological polar surface area (TPSA) is 84.7 Å². The third-order valence-corrected chi connectivity index (χ3v) is 3.86. The van der Waals surface area contributed by atoms with Gasteiger partial charge in [0.2, 0.25) is 5.89 Å². The van der Waals surface area contributed by atoms with Crippen LogP contribution < -0.4 is 5.32 Å². The van der Waals surface area contributed by atoms with E-state index < -0.39 is 12.0 Å². The number of oxazole rings is 1. The molecule has 1 aromatic carbocycles. The van der Waals surface area contributed by atoms with Crippen molar-refractivity contribution in [1.29, 1.82) is 0 Å². The maximum atomic E-state index is 12.6. The van der Waals surface area contributed by atoms with Gasteiger partial charge in [0.25, 0.3) is 0 Å². The molecule has 0 aliphatic heterocycles. The third kappa shape index (κ3) is 4.87. The first-order valence-electron chi connectivity index (χ1n) is 7.37. The maximum absolute atomic E-state index is 12.6. The first-order chi connectivity index (χ1) is 11.8. The van der Waals surface area contributed by atoms with E-state index in [9.17, 15) is 9.59 Å². The van der Waals surface area contributed by atoms with Crippen molar-refractivity contribution >= 4 is 40.9 Å². The van der Waals surface area contributed by atoms with Crippen LogP contribution in [0.1, 0.15) is 30.2 Å². The minimum Gasteiger partial charge on any atom is -0.464 e. The number of esters is 1. The molecular formula is C16H17Cl2N3O4. The second-order valence-corrected chi connectivity index (χ2v) is 6.24. The molecule has 0 bridgehead atoms. The van der Waals surface area contributed by atoms with Gasteiger partial charge in [-0.15, -0.1) is 0 Å². The number of amides is 2. The Morgan fingerprint density at radius 3 is 2.68 bits per heavy atom. The molecule has 0 radical (unpaired) electrons. The van der Waals surface area contributed by atoms with E-state index in [1.807, 2.05) is 13.8 Å². The molecular weight excluding hydrogens is 369 g/mol. The van der Waals surface area contributed by atoms with Gasteiger partial charge in [-0.05, 0) is 32.0 Å². The molecule has 0 aliphatic carbocycles. The van der Waals surface area contributed by atoms with Crippen molar-refractivity contribution in [2.75, 3.05) is 12.4 Å². The number of aromatic nitrogens is 1. The number of benzene rings is 1. The molecule has 134 valence electrons. The summed E-state index contributed by atoms with van der Waals surface area (Å²) >= 11 is 11.9. The van der Waals surface area contributed by atoms with Crippen molar-refractivity contribution in [3.63, 3.8) is 0 Å². The normalized spacial score (nSPS) is 10.6. The highest BCUT2D eigenvalue weighted by atomic mass is 35.5. The van der Waals surface area contributed by atoms with Gasteiger partial charge in [-0.25, -0.2) is 14.6 Å². The minimum absolute atomic E-state index is 0.0439. The first-order valence-corrected chi connectivity index (χ1v) is 8.12. The fraction of sp³-hybridized carbons (Fsp3) is 0.312. The number of carbonyl (C=O) groups is 2. The SMILES string of the molecule is COC(=O)c1coc(CN(C(=O)Nc2ccc(Cl)cc2Cl)C(C)C)n1. The summed E-state index contributed by atoms with van der Waals surface area (Å²) in [7, 11) is 1.25. The van der Waals surface area contributed by atoms with Crippen molar-refractivity contribution in [3.8, 4) is 0 Å². The largest absolute Gasteiger partial charge is 0.464 e. The van der Waals surface area contributed by atoms with Crippen LogP contribution in [0.5, 0.6) is 0 Å². The van der Waals surface area contributed by atoms with Crippen molar-refractivity contribution in [3.05, 3.63) is 46.1 Å². The maximum Gasteiger partial charge on any atom is 0.360 e. The molecule has 0 saturated heterocycles.